The van der Waals surface area contributed by atoms with Gasteiger partial charge in [0.2, 0.25) is 0 Å². The maximum absolute atomic E-state index is 11.6. The summed E-state index contributed by atoms with van der Waals surface area (Å²) in [5, 5.41) is 0. The van der Waals surface area contributed by atoms with Gasteiger partial charge in [0, 0.05) is 6.42 Å². The molecular weight excluding hydrogens is 216 g/mol. The van der Waals surface area contributed by atoms with Crippen LogP contribution in [0.3, 0.4) is 0 Å². The lowest BCUT2D eigenvalue weighted by molar-refractivity contribution is -0.928. The van der Waals surface area contributed by atoms with Crippen molar-refractivity contribution in [2.75, 3.05) is 32.8 Å². The zero-order chi connectivity index (χ0) is 12.3. The molecule has 1 aliphatic carbocycles. The van der Waals surface area contributed by atoms with Crippen LogP contribution in [-0.4, -0.2) is 49.8 Å². The molecule has 4 heteroatoms. The van der Waals surface area contributed by atoms with Gasteiger partial charge >= 0.3 is 6.09 Å². The molecule has 98 valence electrons. The maximum atomic E-state index is 11.6. The van der Waals surface area contributed by atoms with Crippen LogP contribution < -0.4 is 4.90 Å². The molecule has 1 aliphatic heterocycles. The summed E-state index contributed by atoms with van der Waals surface area (Å²) in [5.74, 6) is 0.899. The number of nitrogens with one attached hydrogen (secondary N) is 1. The molecule has 0 bridgehead atoms. The van der Waals surface area contributed by atoms with Gasteiger partial charge < -0.3 is 9.64 Å². The summed E-state index contributed by atoms with van der Waals surface area (Å²) in [7, 11) is 0. The van der Waals surface area contributed by atoms with Crippen LogP contribution >= 0.6 is 0 Å². The van der Waals surface area contributed by atoms with Gasteiger partial charge in [0.25, 0.3) is 0 Å². The van der Waals surface area contributed by atoms with Gasteiger partial charge in [0.05, 0.1) is 38.8 Å². The lowest BCUT2D eigenvalue weighted by Crippen LogP contribution is -3.18. The van der Waals surface area contributed by atoms with Crippen molar-refractivity contribution in [3.8, 4) is 0 Å². The number of hydrogen-bond acceptors (Lipinski definition) is 2. The average molecular weight is 241 g/mol. The standard InChI is InChI=1S/C13H24N2O2/c1-3-17-13(16)15-8-6-14(7-9-15)12-5-4-11(2)10-12/h11-12H,3-10H2,1-2H3/p+1/t11-,12+/m0/s1. The van der Waals surface area contributed by atoms with Crippen molar-refractivity contribution in [1.29, 1.82) is 0 Å². The molecule has 1 amide bonds. The van der Waals surface area contributed by atoms with E-state index in [2.05, 4.69) is 6.92 Å². The summed E-state index contributed by atoms with van der Waals surface area (Å²) in [6.45, 7) is 8.60. The van der Waals surface area contributed by atoms with Gasteiger partial charge in [-0.25, -0.2) is 4.79 Å². The van der Waals surface area contributed by atoms with Crippen LogP contribution in [0.15, 0.2) is 0 Å². The van der Waals surface area contributed by atoms with Crippen molar-refractivity contribution in [1.82, 2.24) is 4.90 Å². The van der Waals surface area contributed by atoms with Crippen LogP contribution in [0.5, 0.6) is 0 Å². The number of quaternary nitrogens is 1. The highest BCUT2D eigenvalue weighted by Crippen LogP contribution is 2.22. The number of amides is 1. The first-order valence-corrected chi connectivity index (χ1v) is 6.97. The van der Waals surface area contributed by atoms with Crippen molar-refractivity contribution in [3.05, 3.63) is 0 Å². The smallest absolute Gasteiger partial charge is 0.410 e. The molecule has 0 aromatic carbocycles. The molecule has 0 aromatic heterocycles. The molecule has 0 radical (unpaired) electrons. The van der Waals surface area contributed by atoms with Crippen molar-refractivity contribution in [2.24, 2.45) is 5.92 Å². The topological polar surface area (TPSA) is 34.0 Å². The van der Waals surface area contributed by atoms with E-state index in [4.69, 9.17) is 4.74 Å². The first-order valence-electron chi connectivity index (χ1n) is 6.97. The van der Waals surface area contributed by atoms with Crippen molar-refractivity contribution >= 4 is 6.09 Å². The summed E-state index contributed by atoms with van der Waals surface area (Å²) in [5.41, 5.74) is 0. The Morgan fingerprint density at radius 3 is 2.59 bits per heavy atom. The average Bonchev–Trinajstić information content (AvgIpc) is 2.76. The zero-order valence-corrected chi connectivity index (χ0v) is 11.1. The Hall–Kier alpha value is -0.770. The molecule has 2 aliphatic rings. The Kier molecular flexibility index (Phi) is 4.26. The van der Waals surface area contributed by atoms with E-state index < -0.39 is 0 Å². The van der Waals surface area contributed by atoms with Gasteiger partial charge in [-0.05, 0) is 25.7 Å². The van der Waals surface area contributed by atoms with Crippen molar-refractivity contribution in [2.45, 2.75) is 39.2 Å². The third kappa shape index (κ3) is 3.12. The fourth-order valence-electron chi connectivity index (χ4n) is 3.18. The molecule has 17 heavy (non-hydrogen) atoms. The number of carbonyl (C=O) groups excluding carboxylic acids is 1. The molecule has 1 heterocycles. The Morgan fingerprint density at radius 1 is 1.35 bits per heavy atom. The third-order valence-corrected chi connectivity index (χ3v) is 4.20. The lowest BCUT2D eigenvalue weighted by atomic mass is 10.1. The second-order valence-corrected chi connectivity index (χ2v) is 5.46. The van der Waals surface area contributed by atoms with Gasteiger partial charge in [-0.1, -0.05) is 6.92 Å². The summed E-state index contributed by atoms with van der Waals surface area (Å²) in [4.78, 5) is 15.1. The minimum Gasteiger partial charge on any atom is -0.450 e. The van der Waals surface area contributed by atoms with E-state index in [1.807, 2.05) is 11.8 Å². The van der Waals surface area contributed by atoms with E-state index in [9.17, 15) is 4.79 Å². The highest BCUT2D eigenvalue weighted by Gasteiger charge is 2.33. The molecule has 2 rings (SSSR count). The van der Waals surface area contributed by atoms with E-state index in [1.165, 1.54) is 19.3 Å². The molecule has 4 nitrogen and oxygen atoms in total. The van der Waals surface area contributed by atoms with Gasteiger partial charge in [0.1, 0.15) is 0 Å². The van der Waals surface area contributed by atoms with E-state index in [0.717, 1.165) is 38.1 Å². The Labute approximate surface area is 104 Å². The first kappa shape index (κ1) is 12.7. The maximum Gasteiger partial charge on any atom is 0.410 e. The number of ether oxygens (including phenoxy) is 1. The molecule has 2 fully saturated rings. The predicted molar refractivity (Wildman–Crippen MR) is 66.1 cm³/mol. The van der Waals surface area contributed by atoms with Gasteiger partial charge in [-0.2, -0.15) is 0 Å². The molecule has 1 saturated carbocycles. The third-order valence-electron chi connectivity index (χ3n) is 4.20. The highest BCUT2D eigenvalue weighted by molar-refractivity contribution is 5.67. The summed E-state index contributed by atoms with van der Waals surface area (Å²) in [6.07, 6.45) is 3.99. The van der Waals surface area contributed by atoms with E-state index in [1.54, 1.807) is 4.90 Å². The number of nitrogens with zero attached hydrogens (tertiary/aromatic N) is 1. The number of piperazine rings is 1. The fraction of sp³-hybridized carbons (Fsp3) is 0.923. The van der Waals surface area contributed by atoms with Crippen LogP contribution in [0.4, 0.5) is 4.79 Å². The van der Waals surface area contributed by atoms with Crippen molar-refractivity contribution < 1.29 is 14.4 Å². The van der Waals surface area contributed by atoms with Crippen LogP contribution in [0.2, 0.25) is 0 Å². The fourth-order valence-corrected chi connectivity index (χ4v) is 3.18. The van der Waals surface area contributed by atoms with Gasteiger partial charge in [-0.3, -0.25) is 4.90 Å². The Morgan fingerprint density at radius 2 is 2.06 bits per heavy atom. The van der Waals surface area contributed by atoms with Crippen LogP contribution in [0.25, 0.3) is 0 Å². The Balaban J connectivity index is 1.76. The molecule has 1 N–H and O–H groups in total. The van der Waals surface area contributed by atoms with Crippen LogP contribution in [-0.2, 0) is 4.74 Å². The zero-order valence-electron chi connectivity index (χ0n) is 11.1. The Bertz CT molecular complexity index is 262. The van der Waals surface area contributed by atoms with E-state index in [0.29, 0.717) is 6.61 Å². The normalized spacial score (nSPS) is 30.6. The lowest BCUT2D eigenvalue weighted by Gasteiger charge is -2.34. The van der Waals surface area contributed by atoms with Gasteiger partial charge in [-0.15, -0.1) is 0 Å². The predicted octanol–water partition coefficient (Wildman–Crippen LogP) is 0.532. The quantitative estimate of drug-likeness (QED) is 0.765. The monoisotopic (exact) mass is 241 g/mol. The molecule has 0 unspecified atom stereocenters. The number of carbonyl (C=O) groups is 1. The molecule has 1 saturated heterocycles. The molecule has 2 atom stereocenters. The molecule has 0 spiro atoms. The van der Waals surface area contributed by atoms with E-state index >= 15 is 0 Å². The molecular formula is C13H25N2O2+. The number of rotatable bonds is 2. The second kappa shape index (κ2) is 5.71. The SMILES string of the molecule is CCOC(=O)N1CC[NH+]([C@@H]2CC[C@H](C)C2)CC1. The summed E-state index contributed by atoms with van der Waals surface area (Å²) in [6, 6.07) is 0.842. The minimum absolute atomic E-state index is 0.133. The van der Waals surface area contributed by atoms with E-state index in [-0.39, 0.29) is 6.09 Å². The van der Waals surface area contributed by atoms with Crippen molar-refractivity contribution in [3.63, 3.8) is 0 Å². The summed E-state index contributed by atoms with van der Waals surface area (Å²) < 4.78 is 5.04. The largest absolute Gasteiger partial charge is 0.450 e. The minimum atomic E-state index is -0.133. The second-order valence-electron chi connectivity index (χ2n) is 5.46. The summed E-state index contributed by atoms with van der Waals surface area (Å²) >= 11 is 0. The van der Waals surface area contributed by atoms with Gasteiger partial charge in [0.15, 0.2) is 0 Å². The number of hydrogen-bond donors (Lipinski definition) is 1. The highest BCUT2D eigenvalue weighted by atomic mass is 16.6. The first-order chi connectivity index (χ1) is 8.20. The molecule has 0 aromatic rings. The van der Waals surface area contributed by atoms with Crippen LogP contribution in [0, 0.1) is 5.92 Å². The van der Waals surface area contributed by atoms with Crippen LogP contribution in [0.1, 0.15) is 33.1 Å².